The Balaban J connectivity index is 2.89. The van der Waals surface area contributed by atoms with Gasteiger partial charge in [-0.2, -0.15) is 8.78 Å². The molecule has 0 saturated heterocycles. The van der Waals surface area contributed by atoms with Crippen molar-refractivity contribution in [3.8, 4) is 5.75 Å². The Labute approximate surface area is 117 Å². The number of carbonyl (C=O) groups excluding carboxylic acids is 1. The Bertz CT molecular complexity index is 420. The Kier molecular flexibility index (Phi) is 5.91. The number of carbonyl (C=O) groups is 1. The summed E-state index contributed by atoms with van der Waals surface area (Å²) in [4.78, 5) is 11.3. The van der Waals surface area contributed by atoms with Crippen molar-refractivity contribution in [1.29, 1.82) is 0 Å². The number of nitrogens with one attached hydrogen (secondary N) is 1. The van der Waals surface area contributed by atoms with E-state index in [-0.39, 0.29) is 39.7 Å². The second-order valence-corrected chi connectivity index (χ2v) is 4.33. The molecule has 0 unspecified atom stereocenters. The van der Waals surface area contributed by atoms with E-state index in [0.29, 0.717) is 0 Å². The highest BCUT2D eigenvalue weighted by Gasteiger charge is 2.15. The SMILES string of the molecule is O=C(CCCl)Nc1cc(Cl)c(OC(F)F)c(Cl)c1. The normalized spacial score (nSPS) is 10.6. The van der Waals surface area contributed by atoms with Crippen molar-refractivity contribution >= 4 is 46.4 Å². The molecule has 0 aliphatic heterocycles. The number of halogens is 5. The van der Waals surface area contributed by atoms with E-state index in [1.54, 1.807) is 0 Å². The van der Waals surface area contributed by atoms with Crippen molar-refractivity contribution in [2.24, 2.45) is 0 Å². The second-order valence-electron chi connectivity index (χ2n) is 3.13. The molecule has 18 heavy (non-hydrogen) atoms. The molecule has 0 heterocycles. The first-order valence-electron chi connectivity index (χ1n) is 4.73. The van der Waals surface area contributed by atoms with Crippen LogP contribution >= 0.6 is 34.8 Å². The molecule has 100 valence electrons. The first kappa shape index (κ1) is 15.3. The fourth-order valence-electron chi connectivity index (χ4n) is 1.14. The minimum absolute atomic E-state index is 0.117. The fourth-order valence-corrected chi connectivity index (χ4v) is 1.89. The predicted octanol–water partition coefficient (Wildman–Crippen LogP) is 4.16. The Morgan fingerprint density at radius 1 is 1.33 bits per heavy atom. The molecule has 1 amide bonds. The molecule has 1 aromatic rings. The lowest BCUT2D eigenvalue weighted by Gasteiger charge is -2.11. The summed E-state index contributed by atoms with van der Waals surface area (Å²) < 4.78 is 28.3. The van der Waals surface area contributed by atoms with E-state index in [0.717, 1.165) is 0 Å². The third-order valence-corrected chi connectivity index (χ3v) is 2.56. The third kappa shape index (κ3) is 4.48. The van der Waals surface area contributed by atoms with Crippen LogP contribution in [0.4, 0.5) is 14.5 Å². The largest absolute Gasteiger partial charge is 0.432 e. The molecule has 1 rings (SSSR count). The first-order valence-corrected chi connectivity index (χ1v) is 6.02. The van der Waals surface area contributed by atoms with Gasteiger partial charge in [-0.15, -0.1) is 11.6 Å². The van der Waals surface area contributed by atoms with Gasteiger partial charge in [-0.3, -0.25) is 4.79 Å². The summed E-state index contributed by atoms with van der Waals surface area (Å²) in [5, 5.41) is 2.23. The van der Waals surface area contributed by atoms with Crippen molar-refractivity contribution in [1.82, 2.24) is 0 Å². The van der Waals surface area contributed by atoms with Crippen LogP contribution in [0.5, 0.6) is 5.75 Å². The maximum absolute atomic E-state index is 12.1. The molecule has 1 N–H and O–H groups in total. The van der Waals surface area contributed by atoms with Crippen molar-refractivity contribution in [3.63, 3.8) is 0 Å². The molecule has 3 nitrogen and oxygen atoms in total. The van der Waals surface area contributed by atoms with Gasteiger partial charge in [0.05, 0.1) is 10.0 Å². The molecule has 1 aromatic carbocycles. The summed E-state index contributed by atoms with van der Waals surface area (Å²) in [5.74, 6) is -0.497. The van der Waals surface area contributed by atoms with Gasteiger partial charge in [-0.05, 0) is 12.1 Å². The molecular weight excluding hydrogens is 310 g/mol. The number of amides is 1. The maximum Gasteiger partial charge on any atom is 0.387 e. The molecule has 0 spiro atoms. The lowest BCUT2D eigenvalue weighted by atomic mass is 10.3. The van der Waals surface area contributed by atoms with Gasteiger partial charge in [-0.1, -0.05) is 23.2 Å². The van der Waals surface area contributed by atoms with Crippen LogP contribution in [0.2, 0.25) is 10.0 Å². The molecule has 0 atom stereocenters. The molecule has 0 aliphatic carbocycles. The Hall–Kier alpha value is -0.780. The molecule has 0 bridgehead atoms. The highest BCUT2D eigenvalue weighted by atomic mass is 35.5. The molecule has 0 saturated carbocycles. The maximum atomic E-state index is 12.1. The smallest absolute Gasteiger partial charge is 0.387 e. The lowest BCUT2D eigenvalue weighted by molar-refractivity contribution is -0.115. The van der Waals surface area contributed by atoms with Crippen LogP contribution in [-0.4, -0.2) is 18.4 Å². The van der Waals surface area contributed by atoms with Crippen molar-refractivity contribution < 1.29 is 18.3 Å². The Morgan fingerprint density at radius 2 is 1.89 bits per heavy atom. The van der Waals surface area contributed by atoms with Crippen molar-refractivity contribution in [2.45, 2.75) is 13.0 Å². The monoisotopic (exact) mass is 317 g/mol. The quantitative estimate of drug-likeness (QED) is 0.828. The van der Waals surface area contributed by atoms with Gasteiger partial charge in [0.2, 0.25) is 5.91 Å². The summed E-state index contributed by atoms with van der Waals surface area (Å²) in [6.45, 7) is -3.03. The average molecular weight is 319 g/mol. The number of rotatable bonds is 5. The summed E-state index contributed by atoms with van der Waals surface area (Å²) in [7, 11) is 0. The highest BCUT2D eigenvalue weighted by Crippen LogP contribution is 2.36. The zero-order valence-electron chi connectivity index (χ0n) is 8.85. The van der Waals surface area contributed by atoms with Gasteiger partial charge >= 0.3 is 6.61 Å². The summed E-state index contributed by atoms with van der Waals surface area (Å²) >= 11 is 16.8. The van der Waals surface area contributed by atoms with Crippen LogP contribution in [0.3, 0.4) is 0 Å². The van der Waals surface area contributed by atoms with E-state index in [1.165, 1.54) is 12.1 Å². The minimum atomic E-state index is -3.03. The van der Waals surface area contributed by atoms with Gasteiger partial charge in [-0.25, -0.2) is 0 Å². The van der Waals surface area contributed by atoms with Gasteiger partial charge in [0.15, 0.2) is 5.75 Å². The highest BCUT2D eigenvalue weighted by molar-refractivity contribution is 6.37. The van der Waals surface area contributed by atoms with E-state index < -0.39 is 6.61 Å². The number of ether oxygens (including phenoxy) is 1. The van der Waals surface area contributed by atoms with Gasteiger partial charge in [0.1, 0.15) is 0 Å². The first-order chi connectivity index (χ1) is 8.43. The third-order valence-electron chi connectivity index (χ3n) is 1.81. The zero-order valence-corrected chi connectivity index (χ0v) is 11.1. The molecule has 0 radical (unpaired) electrons. The number of anilines is 1. The number of benzene rings is 1. The number of hydrogen-bond donors (Lipinski definition) is 1. The molecular formula is C10H8Cl3F2NO2. The predicted molar refractivity (Wildman–Crippen MR) is 67.1 cm³/mol. The Morgan fingerprint density at radius 3 is 2.33 bits per heavy atom. The van der Waals surface area contributed by atoms with E-state index in [4.69, 9.17) is 34.8 Å². The number of hydrogen-bond acceptors (Lipinski definition) is 2. The topological polar surface area (TPSA) is 38.3 Å². The van der Waals surface area contributed by atoms with Crippen LogP contribution in [0.1, 0.15) is 6.42 Å². The fraction of sp³-hybridized carbons (Fsp3) is 0.300. The van der Waals surface area contributed by atoms with Crippen molar-refractivity contribution in [3.05, 3.63) is 22.2 Å². The molecule has 0 aliphatic rings. The van der Waals surface area contributed by atoms with Gasteiger partial charge in [0, 0.05) is 18.0 Å². The second kappa shape index (κ2) is 6.97. The average Bonchev–Trinajstić information content (AvgIpc) is 2.23. The minimum Gasteiger partial charge on any atom is -0.432 e. The van der Waals surface area contributed by atoms with Crippen molar-refractivity contribution in [2.75, 3.05) is 11.2 Å². The van der Waals surface area contributed by atoms with Gasteiger partial charge in [0.25, 0.3) is 0 Å². The molecule has 0 fully saturated rings. The standard InChI is InChI=1S/C10H8Cl3F2NO2/c11-2-1-8(17)16-5-3-6(12)9(7(13)4-5)18-10(14)15/h3-4,10H,1-2H2,(H,16,17). The van der Waals surface area contributed by atoms with E-state index in [2.05, 4.69) is 10.1 Å². The molecule has 0 aromatic heterocycles. The van der Waals surface area contributed by atoms with E-state index in [9.17, 15) is 13.6 Å². The van der Waals surface area contributed by atoms with Crippen LogP contribution < -0.4 is 10.1 Å². The lowest BCUT2D eigenvalue weighted by Crippen LogP contribution is -2.12. The van der Waals surface area contributed by atoms with Crippen LogP contribution in [0.25, 0.3) is 0 Å². The summed E-state index contributed by atoms with van der Waals surface area (Å²) in [6.07, 6.45) is 0.117. The number of alkyl halides is 3. The van der Waals surface area contributed by atoms with E-state index in [1.807, 2.05) is 0 Å². The summed E-state index contributed by atoms with van der Waals surface area (Å²) in [5.41, 5.74) is 0.279. The van der Waals surface area contributed by atoms with Crippen LogP contribution in [0, 0.1) is 0 Å². The molecule has 8 heteroatoms. The zero-order chi connectivity index (χ0) is 13.7. The summed E-state index contributed by atoms with van der Waals surface area (Å²) in [6, 6.07) is 2.52. The van der Waals surface area contributed by atoms with Crippen LogP contribution in [-0.2, 0) is 4.79 Å². The van der Waals surface area contributed by atoms with E-state index >= 15 is 0 Å². The van der Waals surface area contributed by atoms with Crippen LogP contribution in [0.15, 0.2) is 12.1 Å². The van der Waals surface area contributed by atoms with Gasteiger partial charge < -0.3 is 10.1 Å².